The van der Waals surface area contributed by atoms with E-state index in [0.29, 0.717) is 6.07 Å². The van der Waals surface area contributed by atoms with Gasteiger partial charge in [-0.2, -0.15) is 23.5 Å². The fourth-order valence-electron chi connectivity index (χ4n) is 2.61. The molecule has 3 rings (SSSR count). The smallest absolute Gasteiger partial charge is 0.391 e. The van der Waals surface area contributed by atoms with Crippen LogP contribution in [0.4, 0.5) is 23.2 Å². The number of alkyl halides is 3. The molecule has 6 nitrogen and oxygen atoms in total. The Morgan fingerprint density at radius 2 is 1.93 bits per heavy atom. The Morgan fingerprint density at radius 1 is 1.21 bits per heavy atom. The fourth-order valence-corrected chi connectivity index (χ4v) is 2.61. The Morgan fingerprint density at radius 3 is 2.59 bits per heavy atom. The molecule has 0 atom stereocenters. The van der Waals surface area contributed by atoms with Gasteiger partial charge in [0.05, 0.1) is 23.9 Å². The van der Waals surface area contributed by atoms with Crippen molar-refractivity contribution in [3.05, 3.63) is 76.9 Å². The molecule has 0 aliphatic heterocycles. The van der Waals surface area contributed by atoms with E-state index in [1.807, 2.05) is 6.07 Å². The zero-order valence-corrected chi connectivity index (χ0v) is 14.5. The molecule has 29 heavy (non-hydrogen) atoms. The molecule has 2 aromatic carbocycles. The molecule has 0 spiro atoms. The van der Waals surface area contributed by atoms with Crippen LogP contribution in [0.15, 0.2) is 48.5 Å². The van der Waals surface area contributed by atoms with Crippen molar-refractivity contribution in [2.24, 2.45) is 0 Å². The summed E-state index contributed by atoms with van der Waals surface area (Å²) >= 11 is 0. The van der Waals surface area contributed by atoms with Gasteiger partial charge in [-0.25, -0.2) is 9.07 Å². The van der Waals surface area contributed by atoms with Crippen LogP contribution >= 0.6 is 0 Å². The van der Waals surface area contributed by atoms with Gasteiger partial charge in [0, 0.05) is 17.3 Å². The number of anilines is 1. The predicted molar refractivity (Wildman–Crippen MR) is 93.6 cm³/mol. The molecule has 0 aliphatic carbocycles. The molecule has 148 valence electrons. The number of carbonyl (C=O) groups excluding carboxylic acids is 1. The molecule has 0 aliphatic rings. The lowest BCUT2D eigenvalue weighted by Crippen LogP contribution is -2.18. The first-order valence-corrected chi connectivity index (χ1v) is 8.12. The number of nitrogens with zero attached hydrogens (tertiary/aromatic N) is 3. The number of hydrogen-bond acceptors (Lipinski definition) is 4. The summed E-state index contributed by atoms with van der Waals surface area (Å²) in [7, 11) is 0. The first kappa shape index (κ1) is 20.0. The molecule has 3 aromatic rings. The highest BCUT2D eigenvalue weighted by molar-refractivity contribution is 6.04. The molecule has 1 heterocycles. The lowest BCUT2D eigenvalue weighted by molar-refractivity contribution is -0.141. The maximum Gasteiger partial charge on any atom is 0.435 e. The zero-order valence-electron chi connectivity index (χ0n) is 14.5. The topological polar surface area (TPSA) is 90.9 Å². The fraction of sp³-hybridized carbons (Fsp3) is 0.105. The summed E-state index contributed by atoms with van der Waals surface area (Å²) in [4.78, 5) is 12.7. The number of carbonyl (C=O) groups is 1. The second-order valence-corrected chi connectivity index (χ2v) is 5.86. The average Bonchev–Trinajstić information content (AvgIpc) is 3.14. The Bertz CT molecular complexity index is 1120. The number of aromatic nitrogens is 2. The summed E-state index contributed by atoms with van der Waals surface area (Å²) in [6.07, 6.45) is -4.82. The van der Waals surface area contributed by atoms with Gasteiger partial charge in [0.2, 0.25) is 0 Å². The largest absolute Gasteiger partial charge is 0.435 e. The highest BCUT2D eigenvalue weighted by Gasteiger charge is 2.36. The second kappa shape index (κ2) is 7.73. The van der Waals surface area contributed by atoms with Crippen molar-refractivity contribution in [1.82, 2.24) is 9.78 Å². The monoisotopic (exact) mass is 404 g/mol. The molecule has 0 bridgehead atoms. The van der Waals surface area contributed by atoms with Crippen LogP contribution in [0.2, 0.25) is 0 Å². The molecule has 1 amide bonds. The lowest BCUT2D eigenvalue weighted by Gasteiger charge is -2.11. The number of aliphatic hydroxyl groups excluding tert-OH is 1. The third kappa shape index (κ3) is 4.09. The standard InChI is InChI=1S/C19H12F4N4O2/c20-14-5-2-6-15(13(14)10-28)25-18(29)16-8-17(19(21,22)23)26-27(16)12-4-1-3-11(7-12)9-24/h1-8,28H,10H2,(H,25,29). The lowest BCUT2D eigenvalue weighted by atomic mass is 10.1. The van der Waals surface area contributed by atoms with E-state index in [4.69, 9.17) is 5.26 Å². The van der Waals surface area contributed by atoms with Gasteiger partial charge in [-0.15, -0.1) is 0 Å². The van der Waals surface area contributed by atoms with Crippen LogP contribution in [-0.2, 0) is 12.8 Å². The summed E-state index contributed by atoms with van der Waals surface area (Å²) in [6, 6.07) is 11.6. The van der Waals surface area contributed by atoms with Crippen LogP contribution in [-0.4, -0.2) is 20.8 Å². The molecule has 0 radical (unpaired) electrons. The Hall–Kier alpha value is -3.71. The van der Waals surface area contributed by atoms with E-state index in [9.17, 15) is 27.5 Å². The number of rotatable bonds is 4. The maximum absolute atomic E-state index is 13.8. The number of aliphatic hydroxyl groups is 1. The summed E-state index contributed by atoms with van der Waals surface area (Å²) in [6.45, 7) is -0.723. The van der Waals surface area contributed by atoms with E-state index in [2.05, 4.69) is 10.4 Å². The first-order valence-electron chi connectivity index (χ1n) is 8.12. The first-order chi connectivity index (χ1) is 13.7. The molecule has 0 unspecified atom stereocenters. The van der Waals surface area contributed by atoms with Crippen molar-refractivity contribution in [1.29, 1.82) is 5.26 Å². The van der Waals surface area contributed by atoms with Gasteiger partial charge in [-0.1, -0.05) is 12.1 Å². The van der Waals surface area contributed by atoms with Gasteiger partial charge in [0.25, 0.3) is 5.91 Å². The van der Waals surface area contributed by atoms with Crippen molar-refractivity contribution < 1.29 is 27.5 Å². The number of benzene rings is 2. The number of nitriles is 1. The molecule has 0 saturated heterocycles. The summed E-state index contributed by atoms with van der Waals surface area (Å²) in [5.74, 6) is -1.79. The third-order valence-electron chi connectivity index (χ3n) is 3.98. The molecule has 2 N–H and O–H groups in total. The van der Waals surface area contributed by atoms with Gasteiger partial charge in [-0.3, -0.25) is 4.79 Å². The van der Waals surface area contributed by atoms with Crippen LogP contribution in [0, 0.1) is 17.1 Å². The minimum Gasteiger partial charge on any atom is -0.391 e. The molecule has 10 heteroatoms. The molecule has 0 saturated carbocycles. The molecule has 1 aromatic heterocycles. The molecular weight excluding hydrogens is 392 g/mol. The van der Waals surface area contributed by atoms with E-state index >= 15 is 0 Å². The van der Waals surface area contributed by atoms with Crippen molar-refractivity contribution in [3.8, 4) is 11.8 Å². The number of hydrogen-bond donors (Lipinski definition) is 2. The van der Waals surface area contributed by atoms with Gasteiger partial charge >= 0.3 is 6.18 Å². The molecular formula is C19H12F4N4O2. The van der Waals surface area contributed by atoms with Crippen molar-refractivity contribution in [3.63, 3.8) is 0 Å². The van der Waals surface area contributed by atoms with Gasteiger partial charge in [-0.05, 0) is 30.3 Å². The van der Waals surface area contributed by atoms with E-state index in [0.717, 1.165) is 10.7 Å². The van der Waals surface area contributed by atoms with Crippen LogP contribution in [0.5, 0.6) is 0 Å². The van der Waals surface area contributed by atoms with Crippen LogP contribution in [0.3, 0.4) is 0 Å². The quantitative estimate of drug-likeness (QED) is 0.650. The highest BCUT2D eigenvalue weighted by Crippen LogP contribution is 2.30. The van der Waals surface area contributed by atoms with Crippen LogP contribution < -0.4 is 5.32 Å². The summed E-state index contributed by atoms with van der Waals surface area (Å²) in [5.41, 5.74) is -1.89. The minimum absolute atomic E-state index is 0.0614. The normalized spacial score (nSPS) is 11.2. The zero-order chi connectivity index (χ0) is 21.2. The Kier molecular flexibility index (Phi) is 5.34. The second-order valence-electron chi connectivity index (χ2n) is 5.86. The third-order valence-corrected chi connectivity index (χ3v) is 3.98. The van der Waals surface area contributed by atoms with Crippen LogP contribution in [0.25, 0.3) is 5.69 Å². The van der Waals surface area contributed by atoms with Crippen molar-refractivity contribution >= 4 is 11.6 Å². The maximum atomic E-state index is 13.8. The number of halogens is 4. The van der Waals surface area contributed by atoms with E-state index < -0.39 is 35.9 Å². The van der Waals surface area contributed by atoms with Crippen molar-refractivity contribution in [2.45, 2.75) is 12.8 Å². The minimum atomic E-state index is -4.82. The number of nitrogens with one attached hydrogen (secondary N) is 1. The van der Waals surface area contributed by atoms with Crippen LogP contribution in [0.1, 0.15) is 27.3 Å². The Balaban J connectivity index is 2.08. The van der Waals surface area contributed by atoms with E-state index in [1.165, 1.54) is 36.4 Å². The van der Waals surface area contributed by atoms with E-state index in [1.54, 1.807) is 0 Å². The summed E-state index contributed by atoms with van der Waals surface area (Å²) in [5, 5.41) is 24.0. The summed E-state index contributed by atoms with van der Waals surface area (Å²) < 4.78 is 54.0. The van der Waals surface area contributed by atoms with Crippen molar-refractivity contribution in [2.75, 3.05) is 5.32 Å². The molecule has 0 fully saturated rings. The highest BCUT2D eigenvalue weighted by atomic mass is 19.4. The average molecular weight is 404 g/mol. The Labute approximate surface area is 161 Å². The van der Waals surface area contributed by atoms with Gasteiger partial charge in [0.15, 0.2) is 5.69 Å². The number of amides is 1. The predicted octanol–water partition coefficient (Wildman–Crippen LogP) is 3.65. The van der Waals surface area contributed by atoms with E-state index in [-0.39, 0.29) is 22.5 Å². The van der Waals surface area contributed by atoms with Gasteiger partial charge in [0.1, 0.15) is 11.5 Å². The SMILES string of the molecule is N#Cc1cccc(-n2nc(C(F)(F)F)cc2C(=O)Nc2cccc(F)c2CO)c1. The van der Waals surface area contributed by atoms with Gasteiger partial charge < -0.3 is 10.4 Å².